The fraction of sp³-hybridized carbons (Fsp3) is 0.278. The summed E-state index contributed by atoms with van der Waals surface area (Å²) in [6.45, 7) is 4.04. The van der Waals surface area contributed by atoms with Gasteiger partial charge in [-0.05, 0) is 19.1 Å². The third-order valence-corrected chi connectivity index (χ3v) is 4.29. The molecule has 134 valence electrons. The minimum absolute atomic E-state index is 0.0233. The van der Waals surface area contributed by atoms with Crippen molar-refractivity contribution in [1.29, 1.82) is 0 Å². The van der Waals surface area contributed by atoms with Gasteiger partial charge in [0, 0.05) is 24.1 Å². The Labute approximate surface area is 150 Å². The zero-order valence-electron chi connectivity index (χ0n) is 14.5. The standard InChI is InChI=1S/C18H19N5O3/c1-11-8-16(24)22(18(11)25)10-12(2)17-19-14-9-15(20-23(14)21-17)26-13-6-4-3-5-7-13/h3-8,12,24-25H,9-10H2,1-2H3. The molecule has 0 aliphatic carbocycles. The predicted molar refractivity (Wildman–Crippen MR) is 94.5 cm³/mol. The Hall–Kier alpha value is -3.29. The molecule has 0 fully saturated rings. The van der Waals surface area contributed by atoms with E-state index in [0.29, 0.717) is 36.1 Å². The molecule has 1 unspecified atom stereocenters. The summed E-state index contributed by atoms with van der Waals surface area (Å²) >= 11 is 0. The smallest absolute Gasteiger partial charge is 0.222 e. The molecule has 0 amide bonds. The van der Waals surface area contributed by atoms with Gasteiger partial charge in [-0.2, -0.15) is 0 Å². The number of nitrogens with zero attached hydrogens (tertiary/aromatic N) is 5. The number of para-hydroxylation sites is 1. The molecule has 1 aliphatic rings. The Bertz CT molecular complexity index is 974. The van der Waals surface area contributed by atoms with Crippen molar-refractivity contribution in [1.82, 2.24) is 19.4 Å². The highest BCUT2D eigenvalue weighted by atomic mass is 16.5. The number of hydrogen-bond donors (Lipinski definition) is 2. The van der Waals surface area contributed by atoms with Crippen LogP contribution in [-0.4, -0.2) is 35.6 Å². The number of aromatic nitrogens is 4. The van der Waals surface area contributed by atoms with E-state index < -0.39 is 0 Å². The topological polar surface area (TPSA) is 97.7 Å². The molecular formula is C18H19N5O3. The van der Waals surface area contributed by atoms with E-state index in [-0.39, 0.29) is 17.7 Å². The van der Waals surface area contributed by atoms with Crippen LogP contribution in [-0.2, 0) is 13.0 Å². The first kappa shape index (κ1) is 16.2. The molecule has 1 aliphatic heterocycles. The number of fused-ring (bicyclic) bond motifs is 1. The molecule has 2 aromatic heterocycles. The van der Waals surface area contributed by atoms with Gasteiger partial charge in [-0.25, -0.2) is 4.98 Å². The van der Waals surface area contributed by atoms with E-state index in [9.17, 15) is 10.2 Å². The lowest BCUT2D eigenvalue weighted by molar-refractivity contribution is 0.355. The highest BCUT2D eigenvalue weighted by Gasteiger charge is 2.24. The summed E-state index contributed by atoms with van der Waals surface area (Å²) in [7, 11) is 0. The van der Waals surface area contributed by atoms with Crippen molar-refractivity contribution in [2.75, 3.05) is 0 Å². The zero-order valence-corrected chi connectivity index (χ0v) is 14.5. The molecule has 1 atom stereocenters. The van der Waals surface area contributed by atoms with E-state index in [1.165, 1.54) is 15.4 Å². The maximum Gasteiger partial charge on any atom is 0.222 e. The maximum absolute atomic E-state index is 10.0. The van der Waals surface area contributed by atoms with Crippen LogP contribution in [0.15, 0.2) is 41.5 Å². The van der Waals surface area contributed by atoms with Gasteiger partial charge in [0.25, 0.3) is 0 Å². The average molecular weight is 353 g/mol. The van der Waals surface area contributed by atoms with Crippen LogP contribution in [0.4, 0.5) is 0 Å². The zero-order chi connectivity index (χ0) is 18.3. The van der Waals surface area contributed by atoms with Crippen LogP contribution in [0.3, 0.4) is 0 Å². The minimum Gasteiger partial charge on any atom is -0.494 e. The highest BCUT2D eigenvalue weighted by Crippen LogP contribution is 2.29. The molecule has 3 heterocycles. The Balaban J connectivity index is 1.48. The van der Waals surface area contributed by atoms with Crippen molar-refractivity contribution in [3.05, 3.63) is 53.6 Å². The van der Waals surface area contributed by atoms with Gasteiger partial charge < -0.3 is 14.9 Å². The number of aryl methyl sites for hydroxylation is 1. The second-order valence-corrected chi connectivity index (χ2v) is 6.38. The molecule has 8 nitrogen and oxygen atoms in total. The first-order valence-corrected chi connectivity index (χ1v) is 8.36. The van der Waals surface area contributed by atoms with E-state index in [2.05, 4.69) is 15.2 Å². The molecule has 8 heteroatoms. The van der Waals surface area contributed by atoms with Gasteiger partial charge in [-0.1, -0.05) is 25.1 Å². The van der Waals surface area contributed by atoms with Crippen molar-refractivity contribution < 1.29 is 14.9 Å². The quantitative estimate of drug-likeness (QED) is 0.750. The lowest BCUT2D eigenvalue weighted by atomic mass is 10.1. The molecule has 2 N–H and O–H groups in total. The number of rotatable bonds is 4. The molecule has 1 aromatic carbocycles. The van der Waals surface area contributed by atoms with Gasteiger partial charge in [0.15, 0.2) is 23.4 Å². The molecule has 0 radical (unpaired) electrons. The second-order valence-electron chi connectivity index (χ2n) is 6.38. The van der Waals surface area contributed by atoms with Crippen LogP contribution in [0.5, 0.6) is 17.5 Å². The van der Waals surface area contributed by atoms with Gasteiger partial charge in [0.1, 0.15) is 5.75 Å². The van der Waals surface area contributed by atoms with Crippen LogP contribution >= 0.6 is 0 Å². The third-order valence-electron chi connectivity index (χ3n) is 4.29. The number of aromatic hydroxyl groups is 2. The van der Waals surface area contributed by atoms with Crippen LogP contribution in [0, 0.1) is 6.92 Å². The summed E-state index contributed by atoms with van der Waals surface area (Å²) in [5, 5.41) is 28.7. The normalized spacial score (nSPS) is 14.2. The summed E-state index contributed by atoms with van der Waals surface area (Å²) < 4.78 is 7.17. The van der Waals surface area contributed by atoms with Crippen LogP contribution < -0.4 is 4.74 Å². The summed E-state index contributed by atoms with van der Waals surface area (Å²) in [6, 6.07) is 11.0. The first-order valence-electron chi connectivity index (χ1n) is 8.36. The molecule has 0 saturated heterocycles. The van der Waals surface area contributed by atoms with E-state index in [4.69, 9.17) is 4.74 Å². The molecule has 0 spiro atoms. The van der Waals surface area contributed by atoms with Crippen LogP contribution in [0.25, 0.3) is 0 Å². The van der Waals surface area contributed by atoms with Crippen LogP contribution in [0.1, 0.15) is 30.1 Å². The Morgan fingerprint density at radius 3 is 2.65 bits per heavy atom. The van der Waals surface area contributed by atoms with E-state index in [1.807, 2.05) is 37.3 Å². The van der Waals surface area contributed by atoms with Gasteiger partial charge in [0.05, 0.1) is 6.42 Å². The molecule has 0 bridgehead atoms. The lowest BCUT2D eigenvalue weighted by Crippen LogP contribution is -2.10. The molecule has 0 saturated carbocycles. The Kier molecular flexibility index (Phi) is 3.87. The van der Waals surface area contributed by atoms with Gasteiger partial charge >= 0.3 is 0 Å². The van der Waals surface area contributed by atoms with Crippen LogP contribution in [0.2, 0.25) is 0 Å². The summed E-state index contributed by atoms with van der Waals surface area (Å²) in [5.74, 6) is 2.54. The average Bonchev–Trinajstić information content (AvgIpc) is 3.24. The largest absolute Gasteiger partial charge is 0.494 e. The molecule has 4 rings (SSSR count). The fourth-order valence-corrected chi connectivity index (χ4v) is 2.90. The second kappa shape index (κ2) is 6.21. The summed E-state index contributed by atoms with van der Waals surface area (Å²) in [6.07, 6.45) is 0.466. The fourth-order valence-electron chi connectivity index (χ4n) is 2.90. The van der Waals surface area contributed by atoms with Crippen molar-refractivity contribution in [3.63, 3.8) is 0 Å². The maximum atomic E-state index is 10.0. The SMILES string of the molecule is Cc1cc(O)n(CC(C)c2nc3n(n2)N=C(Oc2ccccc2)C3)c1O. The number of benzene rings is 1. The summed E-state index contributed by atoms with van der Waals surface area (Å²) in [4.78, 5) is 6.00. The van der Waals surface area contributed by atoms with Crippen molar-refractivity contribution >= 4 is 5.90 Å². The van der Waals surface area contributed by atoms with E-state index in [0.717, 1.165) is 5.75 Å². The van der Waals surface area contributed by atoms with Crippen molar-refractivity contribution in [2.24, 2.45) is 5.10 Å². The summed E-state index contributed by atoms with van der Waals surface area (Å²) in [5.41, 5.74) is 0.627. The Morgan fingerprint density at radius 1 is 1.23 bits per heavy atom. The van der Waals surface area contributed by atoms with E-state index >= 15 is 0 Å². The monoisotopic (exact) mass is 353 g/mol. The lowest BCUT2D eigenvalue weighted by Gasteiger charge is -2.11. The predicted octanol–water partition coefficient (Wildman–Crippen LogP) is 2.40. The molecule has 3 aromatic rings. The highest BCUT2D eigenvalue weighted by molar-refractivity contribution is 5.81. The molecular weight excluding hydrogens is 334 g/mol. The Morgan fingerprint density at radius 2 is 2.00 bits per heavy atom. The number of hydrogen-bond acceptors (Lipinski definition) is 6. The van der Waals surface area contributed by atoms with Gasteiger partial charge in [-0.15, -0.1) is 15.0 Å². The minimum atomic E-state index is -0.106. The van der Waals surface area contributed by atoms with Crippen molar-refractivity contribution in [3.8, 4) is 17.5 Å². The van der Waals surface area contributed by atoms with Gasteiger partial charge in [-0.3, -0.25) is 4.57 Å². The third kappa shape index (κ3) is 2.90. The number of ether oxygens (including phenoxy) is 1. The van der Waals surface area contributed by atoms with Gasteiger partial charge in [0.2, 0.25) is 5.90 Å². The molecule has 26 heavy (non-hydrogen) atoms. The van der Waals surface area contributed by atoms with E-state index in [1.54, 1.807) is 6.92 Å². The van der Waals surface area contributed by atoms with Crippen molar-refractivity contribution in [2.45, 2.75) is 32.7 Å². The first-order chi connectivity index (χ1) is 12.5.